The summed E-state index contributed by atoms with van der Waals surface area (Å²) in [6, 6.07) is 5.07. The summed E-state index contributed by atoms with van der Waals surface area (Å²) < 4.78 is 10.3. The summed E-state index contributed by atoms with van der Waals surface area (Å²) in [6.45, 7) is 0. The summed E-state index contributed by atoms with van der Waals surface area (Å²) in [4.78, 5) is -0.717. The van der Waals surface area contributed by atoms with Crippen LogP contribution in [0.25, 0.3) is 0 Å². The van der Waals surface area contributed by atoms with Gasteiger partial charge in [0, 0.05) is 12.5 Å². The lowest BCUT2D eigenvalue weighted by molar-refractivity contribution is 0.0549. The molecule has 0 aromatic heterocycles. The molecule has 0 aliphatic rings. The minimum absolute atomic E-state index is 0.0285. The van der Waals surface area contributed by atoms with E-state index in [1.54, 1.807) is 18.2 Å². The maximum atomic E-state index is 10.5. The highest BCUT2D eigenvalue weighted by atomic mass is 35.5. The van der Waals surface area contributed by atoms with Crippen molar-refractivity contribution in [3.63, 3.8) is 0 Å². The summed E-state index contributed by atoms with van der Waals surface area (Å²) >= 11 is 17.3. The van der Waals surface area contributed by atoms with Crippen LogP contribution in [0.15, 0.2) is 18.2 Å². The van der Waals surface area contributed by atoms with E-state index in [2.05, 4.69) is 0 Å². The Morgan fingerprint density at radius 1 is 1.17 bits per heavy atom. The molecule has 0 saturated heterocycles. The van der Waals surface area contributed by atoms with Gasteiger partial charge in [0.15, 0.2) is 0 Å². The number of alkyl halides is 3. The maximum absolute atomic E-state index is 10.5. The van der Waals surface area contributed by atoms with Crippen LogP contribution in [0, 0.1) is 0 Å². The third-order valence-electron chi connectivity index (χ3n) is 2.60. The predicted octanol–water partition coefficient (Wildman–Crippen LogP) is 3.32. The van der Waals surface area contributed by atoms with Crippen LogP contribution in [0.2, 0.25) is 0 Å². The molecule has 0 heterocycles. The van der Waals surface area contributed by atoms with Crippen molar-refractivity contribution in [2.45, 2.75) is 16.9 Å². The van der Waals surface area contributed by atoms with Crippen molar-refractivity contribution in [3.8, 4) is 11.5 Å². The van der Waals surface area contributed by atoms with E-state index in [9.17, 15) is 5.11 Å². The van der Waals surface area contributed by atoms with Crippen molar-refractivity contribution < 1.29 is 14.6 Å². The van der Waals surface area contributed by atoms with Gasteiger partial charge in [0.05, 0.1) is 20.1 Å². The van der Waals surface area contributed by atoms with Crippen molar-refractivity contribution in [1.82, 2.24) is 0 Å². The second kappa shape index (κ2) is 6.71. The van der Waals surface area contributed by atoms with Crippen LogP contribution >= 0.6 is 34.8 Å². The number of hydrogen-bond acceptors (Lipinski definition) is 3. The second-order valence-corrected chi connectivity index (χ2v) is 5.41. The lowest BCUT2D eigenvalue weighted by Crippen LogP contribution is -2.30. The largest absolute Gasteiger partial charge is 0.497 e. The number of halogens is 3. The fraction of sp³-hybridized carbons (Fsp3) is 0.500. The number of hydrogen-bond donors (Lipinski definition) is 1. The Balaban J connectivity index is 3.19. The lowest BCUT2D eigenvalue weighted by atomic mass is 9.92. The van der Waals surface area contributed by atoms with Gasteiger partial charge >= 0.3 is 0 Å². The maximum Gasteiger partial charge on any atom is 0.122 e. The number of ether oxygens (including phenoxy) is 2. The monoisotopic (exact) mass is 312 g/mol. The van der Waals surface area contributed by atoms with Crippen LogP contribution < -0.4 is 9.47 Å². The molecule has 1 atom stereocenters. The zero-order valence-electron chi connectivity index (χ0n) is 10.1. The topological polar surface area (TPSA) is 38.7 Å². The molecule has 3 nitrogen and oxygen atoms in total. The molecule has 0 aliphatic carbocycles. The van der Waals surface area contributed by atoms with Crippen molar-refractivity contribution >= 4 is 34.8 Å². The highest BCUT2D eigenvalue weighted by Gasteiger charge is 2.31. The van der Waals surface area contributed by atoms with E-state index < -0.39 is 10.4 Å². The molecule has 102 valence electrons. The van der Waals surface area contributed by atoms with E-state index in [0.717, 1.165) is 0 Å². The smallest absolute Gasteiger partial charge is 0.122 e. The molecule has 1 unspecified atom stereocenters. The zero-order chi connectivity index (χ0) is 13.8. The molecular weight excluding hydrogens is 298 g/mol. The SMILES string of the molecule is COc1cc(OC)cc(C(O)(CCl)CC(Cl)Cl)c1. The molecular formula is C12H15Cl3O3. The molecule has 1 N–H and O–H groups in total. The molecule has 0 aliphatic heterocycles. The van der Waals surface area contributed by atoms with Crippen molar-refractivity contribution in [2.75, 3.05) is 20.1 Å². The molecule has 6 heteroatoms. The molecule has 0 saturated carbocycles. The van der Waals surface area contributed by atoms with Crippen LogP contribution in [0.3, 0.4) is 0 Å². The number of benzene rings is 1. The van der Waals surface area contributed by atoms with Gasteiger partial charge in [-0.25, -0.2) is 0 Å². The Labute approximate surface area is 122 Å². The van der Waals surface area contributed by atoms with Crippen LogP contribution in [0.4, 0.5) is 0 Å². The quantitative estimate of drug-likeness (QED) is 0.819. The summed E-state index contributed by atoms with van der Waals surface area (Å²) in [6.07, 6.45) is 0.121. The summed E-state index contributed by atoms with van der Waals surface area (Å²) in [5.74, 6) is 1.10. The fourth-order valence-corrected chi connectivity index (χ4v) is 2.35. The Hall–Kier alpha value is -0.350. The van der Waals surface area contributed by atoms with Crippen LogP contribution in [0.5, 0.6) is 11.5 Å². The Morgan fingerprint density at radius 3 is 2.00 bits per heavy atom. The van der Waals surface area contributed by atoms with E-state index in [1.165, 1.54) is 14.2 Å². The van der Waals surface area contributed by atoms with E-state index in [-0.39, 0.29) is 12.3 Å². The minimum Gasteiger partial charge on any atom is -0.497 e. The summed E-state index contributed by atoms with van der Waals surface area (Å²) in [7, 11) is 3.06. The highest BCUT2D eigenvalue weighted by molar-refractivity contribution is 6.44. The van der Waals surface area contributed by atoms with Gasteiger partial charge in [-0.05, 0) is 17.7 Å². The van der Waals surface area contributed by atoms with Gasteiger partial charge in [-0.15, -0.1) is 34.8 Å². The van der Waals surface area contributed by atoms with Crippen LogP contribution in [-0.4, -0.2) is 30.0 Å². The molecule has 1 rings (SSSR count). The van der Waals surface area contributed by atoms with Crippen molar-refractivity contribution in [1.29, 1.82) is 0 Å². The van der Waals surface area contributed by atoms with Crippen LogP contribution in [0.1, 0.15) is 12.0 Å². The molecule has 0 fully saturated rings. The molecule has 18 heavy (non-hydrogen) atoms. The third-order valence-corrected chi connectivity index (χ3v) is 3.35. The Bertz CT molecular complexity index is 376. The van der Waals surface area contributed by atoms with Crippen LogP contribution in [-0.2, 0) is 5.60 Å². The summed E-state index contributed by atoms with van der Waals surface area (Å²) in [5, 5.41) is 10.5. The van der Waals surface area contributed by atoms with Gasteiger partial charge in [-0.2, -0.15) is 0 Å². The predicted molar refractivity (Wildman–Crippen MR) is 74.3 cm³/mol. The molecule has 0 bridgehead atoms. The molecule has 1 aromatic rings. The first-order chi connectivity index (χ1) is 8.45. The Morgan fingerprint density at radius 2 is 1.67 bits per heavy atom. The third kappa shape index (κ3) is 3.82. The number of aliphatic hydroxyl groups is 1. The molecule has 0 radical (unpaired) electrons. The van der Waals surface area contributed by atoms with Crippen molar-refractivity contribution in [2.24, 2.45) is 0 Å². The van der Waals surface area contributed by atoms with E-state index in [4.69, 9.17) is 44.3 Å². The first kappa shape index (κ1) is 15.7. The average molecular weight is 314 g/mol. The number of methoxy groups -OCH3 is 2. The Kier molecular flexibility index (Phi) is 5.86. The number of rotatable bonds is 6. The van der Waals surface area contributed by atoms with Gasteiger partial charge in [0.1, 0.15) is 21.9 Å². The van der Waals surface area contributed by atoms with E-state index >= 15 is 0 Å². The summed E-state index contributed by atoms with van der Waals surface area (Å²) in [5.41, 5.74) is -0.766. The molecule has 0 amide bonds. The molecule has 0 spiro atoms. The normalized spacial score (nSPS) is 14.4. The first-order valence-electron chi connectivity index (χ1n) is 5.25. The highest BCUT2D eigenvalue weighted by Crippen LogP contribution is 2.35. The van der Waals surface area contributed by atoms with Gasteiger partial charge < -0.3 is 14.6 Å². The molecule has 1 aromatic carbocycles. The second-order valence-electron chi connectivity index (χ2n) is 3.86. The first-order valence-corrected chi connectivity index (χ1v) is 6.66. The van der Waals surface area contributed by atoms with E-state index in [1.807, 2.05) is 0 Å². The lowest BCUT2D eigenvalue weighted by Gasteiger charge is -2.27. The van der Waals surface area contributed by atoms with Gasteiger partial charge in [0.25, 0.3) is 0 Å². The van der Waals surface area contributed by atoms with E-state index in [0.29, 0.717) is 17.1 Å². The minimum atomic E-state index is -1.32. The van der Waals surface area contributed by atoms with Crippen molar-refractivity contribution in [3.05, 3.63) is 23.8 Å². The standard InChI is InChI=1S/C12H15Cl3O3/c1-17-9-3-8(4-10(5-9)18-2)12(16,7-13)6-11(14)15/h3-5,11,16H,6-7H2,1-2H3. The zero-order valence-corrected chi connectivity index (χ0v) is 12.4. The average Bonchev–Trinajstić information content (AvgIpc) is 2.37. The van der Waals surface area contributed by atoms with Gasteiger partial charge in [0.2, 0.25) is 0 Å². The fourth-order valence-electron chi connectivity index (χ4n) is 1.58. The van der Waals surface area contributed by atoms with Gasteiger partial charge in [-0.1, -0.05) is 0 Å². The van der Waals surface area contributed by atoms with Gasteiger partial charge in [-0.3, -0.25) is 0 Å².